The second kappa shape index (κ2) is 2.87. The lowest BCUT2D eigenvalue weighted by Crippen LogP contribution is -2.41. The van der Waals surface area contributed by atoms with Crippen molar-refractivity contribution in [2.24, 2.45) is 0 Å². The fraction of sp³-hybridized carbons (Fsp3) is 0.714. The first-order chi connectivity index (χ1) is 5.78. The molecule has 76 valence electrons. The Hall–Kier alpha value is -0.780. The maximum absolute atomic E-state index is 12.7. The Morgan fingerprint density at radius 2 is 1.77 bits per heavy atom. The van der Waals surface area contributed by atoms with E-state index in [-0.39, 0.29) is 6.42 Å². The van der Waals surface area contributed by atoms with E-state index in [9.17, 15) is 17.6 Å². The molecule has 0 aromatic heterocycles. The van der Waals surface area contributed by atoms with Gasteiger partial charge in [-0.05, 0) is 6.92 Å². The second-order valence-corrected chi connectivity index (χ2v) is 2.59. The summed E-state index contributed by atoms with van der Waals surface area (Å²) in [4.78, 5) is 0. The van der Waals surface area contributed by atoms with Gasteiger partial charge in [0, 0.05) is 6.42 Å². The van der Waals surface area contributed by atoms with Gasteiger partial charge in [0.1, 0.15) is 5.76 Å². The predicted molar refractivity (Wildman–Crippen MR) is 35.1 cm³/mol. The number of halogens is 4. The molecule has 0 unspecified atom stereocenters. The highest BCUT2D eigenvalue weighted by Crippen LogP contribution is 2.41. The highest BCUT2D eigenvalue weighted by atomic mass is 19.3. The average Bonchev–Trinajstić information content (AvgIpc) is 1.95. The third-order valence-electron chi connectivity index (χ3n) is 1.66. The van der Waals surface area contributed by atoms with Crippen molar-refractivity contribution in [2.75, 3.05) is 0 Å². The molecule has 0 saturated heterocycles. The molecule has 0 N–H and O–H groups in total. The van der Waals surface area contributed by atoms with E-state index in [1.54, 1.807) is 0 Å². The van der Waals surface area contributed by atoms with Crippen LogP contribution in [0.3, 0.4) is 0 Å². The Labute approximate surface area is 72.1 Å². The van der Waals surface area contributed by atoms with Crippen LogP contribution in [0.5, 0.6) is 0 Å². The lowest BCUT2D eigenvalue weighted by molar-refractivity contribution is -0.461. The monoisotopic (exact) mass is 200 g/mol. The van der Waals surface area contributed by atoms with Crippen LogP contribution in [0.25, 0.3) is 0 Å². The lowest BCUT2D eigenvalue weighted by Gasteiger charge is -2.31. The maximum atomic E-state index is 12.7. The third-order valence-corrected chi connectivity index (χ3v) is 1.66. The Morgan fingerprint density at radius 3 is 2.23 bits per heavy atom. The minimum atomic E-state index is -4.24. The minimum Gasteiger partial charge on any atom is -0.414 e. The molecule has 0 radical (unpaired) electrons. The van der Waals surface area contributed by atoms with Gasteiger partial charge in [-0.2, -0.15) is 8.78 Å². The Kier molecular flexibility index (Phi) is 2.27. The summed E-state index contributed by atoms with van der Waals surface area (Å²) >= 11 is 0. The van der Waals surface area contributed by atoms with E-state index in [0.717, 1.165) is 6.92 Å². The van der Waals surface area contributed by atoms with Crippen molar-refractivity contribution in [3.05, 3.63) is 11.3 Å². The van der Waals surface area contributed by atoms with Gasteiger partial charge in [0.25, 0.3) is 0 Å². The molecular weight excluding hydrogens is 192 g/mol. The third kappa shape index (κ3) is 1.93. The Balaban J connectivity index is 3.05. The quantitative estimate of drug-likeness (QED) is 0.606. The molecule has 1 rings (SSSR count). The van der Waals surface area contributed by atoms with Crippen LogP contribution in [0, 0.1) is 0 Å². The van der Waals surface area contributed by atoms with Crippen molar-refractivity contribution in [3.8, 4) is 0 Å². The minimum absolute atomic E-state index is 0.0274. The first-order valence-electron chi connectivity index (χ1n) is 3.63. The van der Waals surface area contributed by atoms with Crippen molar-refractivity contribution < 1.29 is 27.0 Å². The summed E-state index contributed by atoms with van der Waals surface area (Å²) in [7, 11) is 0. The van der Waals surface area contributed by atoms with Crippen LogP contribution in [0.1, 0.15) is 20.3 Å². The highest BCUT2D eigenvalue weighted by molar-refractivity contribution is 5.13. The number of ether oxygens (including phenoxy) is 2. The fourth-order valence-corrected chi connectivity index (χ4v) is 0.966. The number of hydrogen-bond acceptors (Lipinski definition) is 2. The summed E-state index contributed by atoms with van der Waals surface area (Å²) in [6.45, 7) is 2.43. The molecule has 0 atom stereocenters. The Bertz CT molecular complexity index is 247. The highest BCUT2D eigenvalue weighted by Gasteiger charge is 2.53. The topological polar surface area (TPSA) is 18.5 Å². The Morgan fingerprint density at radius 1 is 1.23 bits per heavy atom. The first kappa shape index (κ1) is 10.3. The number of hydrogen-bond donors (Lipinski definition) is 0. The molecule has 0 spiro atoms. The SMILES string of the molecule is CCC1=C(C)C(F)(F)OC(F)(F)O1. The second-order valence-electron chi connectivity index (χ2n) is 2.59. The van der Waals surface area contributed by atoms with E-state index < -0.39 is 23.7 Å². The molecule has 0 aromatic rings. The summed E-state index contributed by atoms with van der Waals surface area (Å²) in [5, 5.41) is 0. The van der Waals surface area contributed by atoms with E-state index in [1.807, 2.05) is 0 Å². The molecular formula is C7H8F4O2. The van der Waals surface area contributed by atoms with Crippen LogP contribution in [0.15, 0.2) is 11.3 Å². The standard InChI is InChI=1S/C7H8F4O2/c1-3-5-4(2)6(8,9)13-7(10,11)12-5/h3H2,1-2H3. The summed E-state index contributed by atoms with van der Waals surface area (Å²) in [6.07, 6.45) is -8.22. The van der Waals surface area contributed by atoms with E-state index in [1.165, 1.54) is 6.92 Å². The van der Waals surface area contributed by atoms with Gasteiger partial charge in [-0.25, -0.2) is 4.74 Å². The number of rotatable bonds is 1. The first-order valence-corrected chi connectivity index (χ1v) is 3.63. The van der Waals surface area contributed by atoms with Crippen LogP contribution in [0.4, 0.5) is 17.6 Å². The molecule has 6 heteroatoms. The molecule has 13 heavy (non-hydrogen) atoms. The van der Waals surface area contributed by atoms with Crippen LogP contribution >= 0.6 is 0 Å². The molecule has 0 aromatic carbocycles. The van der Waals surface area contributed by atoms with Gasteiger partial charge in [0.05, 0.1) is 5.57 Å². The zero-order chi connectivity index (χ0) is 10.3. The summed E-state index contributed by atoms with van der Waals surface area (Å²) in [6, 6.07) is 0. The molecule has 0 saturated carbocycles. The normalized spacial score (nSPS) is 25.7. The van der Waals surface area contributed by atoms with Gasteiger partial charge in [0.15, 0.2) is 0 Å². The molecule has 0 fully saturated rings. The van der Waals surface area contributed by atoms with Gasteiger partial charge >= 0.3 is 12.4 Å². The molecule has 0 bridgehead atoms. The molecule has 0 aliphatic carbocycles. The molecule has 1 aliphatic rings. The van der Waals surface area contributed by atoms with Crippen molar-refractivity contribution in [3.63, 3.8) is 0 Å². The zero-order valence-electron chi connectivity index (χ0n) is 7.04. The van der Waals surface area contributed by atoms with E-state index in [0.29, 0.717) is 0 Å². The van der Waals surface area contributed by atoms with Crippen molar-refractivity contribution in [1.29, 1.82) is 0 Å². The van der Waals surface area contributed by atoms with E-state index >= 15 is 0 Å². The molecule has 0 amide bonds. The summed E-state index contributed by atoms with van der Waals surface area (Å²) in [5.74, 6) is -0.429. The predicted octanol–water partition coefficient (Wildman–Crippen LogP) is 2.86. The van der Waals surface area contributed by atoms with Gasteiger partial charge < -0.3 is 4.74 Å². The average molecular weight is 200 g/mol. The molecule has 1 heterocycles. The van der Waals surface area contributed by atoms with Crippen LogP contribution in [-0.2, 0) is 9.47 Å². The van der Waals surface area contributed by atoms with Gasteiger partial charge in [0.2, 0.25) is 0 Å². The van der Waals surface area contributed by atoms with Gasteiger partial charge in [-0.3, -0.25) is 0 Å². The lowest BCUT2D eigenvalue weighted by atomic mass is 10.2. The summed E-state index contributed by atoms with van der Waals surface area (Å²) in [5.41, 5.74) is -0.610. The van der Waals surface area contributed by atoms with Crippen LogP contribution < -0.4 is 0 Å². The van der Waals surface area contributed by atoms with Crippen molar-refractivity contribution in [2.45, 2.75) is 32.7 Å². The number of alkyl halides is 4. The smallest absolute Gasteiger partial charge is 0.414 e. The van der Waals surface area contributed by atoms with Crippen molar-refractivity contribution >= 4 is 0 Å². The zero-order valence-corrected chi connectivity index (χ0v) is 7.04. The maximum Gasteiger partial charge on any atom is 0.539 e. The molecule has 1 aliphatic heterocycles. The van der Waals surface area contributed by atoms with Gasteiger partial charge in [-0.1, -0.05) is 6.92 Å². The largest absolute Gasteiger partial charge is 0.539 e. The summed E-state index contributed by atoms with van der Waals surface area (Å²) < 4.78 is 57.2. The van der Waals surface area contributed by atoms with Gasteiger partial charge in [-0.15, -0.1) is 8.78 Å². The van der Waals surface area contributed by atoms with Crippen LogP contribution in [0.2, 0.25) is 0 Å². The van der Waals surface area contributed by atoms with Crippen molar-refractivity contribution in [1.82, 2.24) is 0 Å². The fourth-order valence-electron chi connectivity index (χ4n) is 0.966. The van der Waals surface area contributed by atoms with E-state index in [2.05, 4.69) is 9.47 Å². The number of allylic oxidation sites excluding steroid dienone is 1. The van der Waals surface area contributed by atoms with Crippen LogP contribution in [-0.4, -0.2) is 12.4 Å². The van der Waals surface area contributed by atoms with E-state index in [4.69, 9.17) is 0 Å². The molecule has 2 nitrogen and oxygen atoms in total.